The van der Waals surface area contributed by atoms with Gasteiger partial charge in [0.1, 0.15) is 11.3 Å². The lowest BCUT2D eigenvalue weighted by Gasteiger charge is -2.12. The van der Waals surface area contributed by atoms with E-state index in [-0.39, 0.29) is 0 Å². The Labute approximate surface area is 126 Å². The highest BCUT2D eigenvalue weighted by molar-refractivity contribution is 6.30. The van der Waals surface area contributed by atoms with E-state index in [1.807, 2.05) is 12.1 Å². The highest BCUT2D eigenvalue weighted by Gasteiger charge is 2.08. The van der Waals surface area contributed by atoms with Crippen molar-refractivity contribution in [2.45, 2.75) is 6.10 Å². The molecule has 1 aromatic carbocycles. The van der Waals surface area contributed by atoms with Crippen molar-refractivity contribution in [3.8, 4) is 0 Å². The van der Waals surface area contributed by atoms with Crippen LogP contribution in [0.2, 0.25) is 5.02 Å². The van der Waals surface area contributed by atoms with Gasteiger partial charge in [-0.05, 0) is 29.8 Å². The molecule has 0 saturated heterocycles. The monoisotopic (exact) mass is 300 g/mol. The Morgan fingerprint density at radius 2 is 1.81 bits per heavy atom. The van der Waals surface area contributed by atoms with Crippen LogP contribution in [0.3, 0.4) is 0 Å². The predicted molar refractivity (Wildman–Crippen MR) is 82.2 cm³/mol. The molecule has 1 unspecified atom stereocenters. The summed E-state index contributed by atoms with van der Waals surface area (Å²) in [6.45, 7) is 0.348. The standard InChI is InChI=1S/C15H13ClN4O/c16-11-3-1-10(2-4-11)13(21)9-19-14-6-5-12-15(20-14)18-8-7-17-12/h1-8,13,21H,9H2,(H,18,19,20). The minimum atomic E-state index is -0.637. The quantitative estimate of drug-likeness (QED) is 0.775. The lowest BCUT2D eigenvalue weighted by Crippen LogP contribution is -2.13. The molecule has 0 aliphatic carbocycles. The maximum atomic E-state index is 10.1. The van der Waals surface area contributed by atoms with Gasteiger partial charge in [-0.15, -0.1) is 0 Å². The summed E-state index contributed by atoms with van der Waals surface area (Å²) in [4.78, 5) is 12.6. The second-order valence-electron chi connectivity index (χ2n) is 4.54. The van der Waals surface area contributed by atoms with Gasteiger partial charge in [-0.25, -0.2) is 9.97 Å². The molecule has 3 aromatic rings. The first-order chi connectivity index (χ1) is 10.2. The summed E-state index contributed by atoms with van der Waals surface area (Å²) in [6, 6.07) is 10.8. The molecule has 2 N–H and O–H groups in total. The average molecular weight is 301 g/mol. The van der Waals surface area contributed by atoms with Crippen molar-refractivity contribution < 1.29 is 5.11 Å². The largest absolute Gasteiger partial charge is 0.387 e. The van der Waals surface area contributed by atoms with E-state index in [2.05, 4.69) is 20.3 Å². The Morgan fingerprint density at radius 1 is 1.05 bits per heavy atom. The van der Waals surface area contributed by atoms with E-state index in [1.165, 1.54) is 0 Å². The van der Waals surface area contributed by atoms with E-state index < -0.39 is 6.10 Å². The van der Waals surface area contributed by atoms with E-state index in [9.17, 15) is 5.11 Å². The van der Waals surface area contributed by atoms with Gasteiger partial charge in [0.25, 0.3) is 0 Å². The first kappa shape index (κ1) is 13.7. The molecule has 2 heterocycles. The van der Waals surface area contributed by atoms with Crippen molar-refractivity contribution in [2.75, 3.05) is 11.9 Å². The van der Waals surface area contributed by atoms with Crippen LogP contribution in [0.25, 0.3) is 11.2 Å². The molecule has 6 heteroatoms. The topological polar surface area (TPSA) is 70.9 Å². The number of anilines is 1. The summed E-state index contributed by atoms with van der Waals surface area (Å²) in [7, 11) is 0. The third-order valence-electron chi connectivity index (χ3n) is 3.06. The van der Waals surface area contributed by atoms with Gasteiger partial charge in [0.05, 0.1) is 6.10 Å². The molecule has 0 saturated carbocycles. The molecular formula is C15H13ClN4O. The molecule has 0 aliphatic heterocycles. The maximum absolute atomic E-state index is 10.1. The third kappa shape index (κ3) is 3.26. The molecule has 0 radical (unpaired) electrons. The zero-order valence-electron chi connectivity index (χ0n) is 11.1. The van der Waals surface area contributed by atoms with E-state index in [0.29, 0.717) is 23.0 Å². The first-order valence-electron chi connectivity index (χ1n) is 6.47. The number of rotatable bonds is 4. The number of aliphatic hydroxyl groups excluding tert-OH is 1. The second-order valence-corrected chi connectivity index (χ2v) is 4.98. The number of pyridine rings is 1. The number of hydrogen-bond acceptors (Lipinski definition) is 5. The fraction of sp³-hybridized carbons (Fsp3) is 0.133. The number of nitrogens with zero attached hydrogens (tertiary/aromatic N) is 3. The highest BCUT2D eigenvalue weighted by Crippen LogP contribution is 2.17. The van der Waals surface area contributed by atoms with Gasteiger partial charge in [0.2, 0.25) is 0 Å². The van der Waals surface area contributed by atoms with E-state index >= 15 is 0 Å². The summed E-state index contributed by atoms with van der Waals surface area (Å²) >= 11 is 5.82. The zero-order chi connectivity index (χ0) is 14.7. The number of fused-ring (bicyclic) bond motifs is 1. The molecule has 106 valence electrons. The summed E-state index contributed by atoms with van der Waals surface area (Å²) in [5, 5.41) is 13.9. The number of benzene rings is 1. The number of nitrogens with one attached hydrogen (secondary N) is 1. The Bertz CT molecular complexity index is 748. The number of aromatic nitrogens is 3. The third-order valence-corrected chi connectivity index (χ3v) is 3.31. The lowest BCUT2D eigenvalue weighted by molar-refractivity contribution is 0.191. The van der Waals surface area contributed by atoms with Gasteiger partial charge in [-0.2, -0.15) is 0 Å². The van der Waals surface area contributed by atoms with Crippen molar-refractivity contribution >= 4 is 28.6 Å². The fourth-order valence-corrected chi connectivity index (χ4v) is 2.08. The normalized spacial score (nSPS) is 12.3. The smallest absolute Gasteiger partial charge is 0.180 e. The van der Waals surface area contributed by atoms with Crippen LogP contribution in [-0.2, 0) is 0 Å². The molecule has 2 aromatic heterocycles. The molecule has 0 bridgehead atoms. The molecule has 21 heavy (non-hydrogen) atoms. The minimum absolute atomic E-state index is 0.348. The number of halogens is 1. The van der Waals surface area contributed by atoms with Crippen molar-refractivity contribution in [2.24, 2.45) is 0 Å². The molecular weight excluding hydrogens is 288 g/mol. The van der Waals surface area contributed by atoms with Gasteiger partial charge < -0.3 is 10.4 Å². The number of hydrogen-bond donors (Lipinski definition) is 2. The van der Waals surface area contributed by atoms with E-state index in [4.69, 9.17) is 11.6 Å². The van der Waals surface area contributed by atoms with Gasteiger partial charge in [0.15, 0.2) is 5.65 Å². The van der Waals surface area contributed by atoms with E-state index in [1.54, 1.807) is 36.7 Å². The fourth-order valence-electron chi connectivity index (χ4n) is 1.96. The molecule has 5 nitrogen and oxygen atoms in total. The van der Waals surface area contributed by atoms with Gasteiger partial charge >= 0.3 is 0 Å². The molecule has 0 aliphatic rings. The summed E-state index contributed by atoms with van der Waals surface area (Å²) in [5.74, 6) is 0.649. The Hall–Kier alpha value is -2.24. The van der Waals surface area contributed by atoms with Crippen molar-refractivity contribution in [3.63, 3.8) is 0 Å². The first-order valence-corrected chi connectivity index (χ1v) is 6.85. The van der Waals surface area contributed by atoms with E-state index in [0.717, 1.165) is 11.1 Å². The predicted octanol–water partition coefficient (Wildman–Crippen LogP) is 2.82. The molecule has 3 rings (SSSR count). The molecule has 0 spiro atoms. The SMILES string of the molecule is OC(CNc1ccc2nccnc2n1)c1ccc(Cl)cc1. The Balaban J connectivity index is 1.69. The molecule has 1 atom stereocenters. The second kappa shape index (κ2) is 6.03. The van der Waals surface area contributed by atoms with Gasteiger partial charge in [-0.3, -0.25) is 4.98 Å². The van der Waals surface area contributed by atoms with Crippen molar-refractivity contribution in [1.29, 1.82) is 0 Å². The van der Waals surface area contributed by atoms with Crippen molar-refractivity contribution in [1.82, 2.24) is 15.0 Å². The van der Waals surface area contributed by atoms with Crippen LogP contribution in [0.1, 0.15) is 11.7 Å². The van der Waals surface area contributed by atoms with Gasteiger partial charge in [0, 0.05) is 24.0 Å². The van der Waals surface area contributed by atoms with Crippen LogP contribution in [0.4, 0.5) is 5.82 Å². The zero-order valence-corrected chi connectivity index (χ0v) is 11.8. The van der Waals surface area contributed by atoms with Crippen LogP contribution in [0, 0.1) is 0 Å². The average Bonchev–Trinajstić information content (AvgIpc) is 2.53. The Morgan fingerprint density at radius 3 is 2.62 bits per heavy atom. The number of aliphatic hydroxyl groups is 1. The van der Waals surface area contributed by atoms with Crippen LogP contribution in [0.5, 0.6) is 0 Å². The summed E-state index contributed by atoms with van der Waals surface area (Å²) < 4.78 is 0. The van der Waals surface area contributed by atoms with Crippen LogP contribution in [-0.4, -0.2) is 26.6 Å². The van der Waals surface area contributed by atoms with Crippen molar-refractivity contribution in [3.05, 3.63) is 59.4 Å². The lowest BCUT2D eigenvalue weighted by atomic mass is 10.1. The van der Waals surface area contributed by atoms with Gasteiger partial charge in [-0.1, -0.05) is 23.7 Å². The summed E-state index contributed by atoms with van der Waals surface area (Å²) in [5.41, 5.74) is 2.11. The maximum Gasteiger partial charge on any atom is 0.180 e. The Kier molecular flexibility index (Phi) is 3.94. The molecule has 0 fully saturated rings. The minimum Gasteiger partial charge on any atom is -0.387 e. The molecule has 0 amide bonds. The van der Waals surface area contributed by atoms with Crippen LogP contribution < -0.4 is 5.32 Å². The highest BCUT2D eigenvalue weighted by atomic mass is 35.5. The summed E-state index contributed by atoms with van der Waals surface area (Å²) in [6.07, 6.45) is 2.59. The van der Waals surface area contributed by atoms with Crippen LogP contribution in [0.15, 0.2) is 48.8 Å². The van der Waals surface area contributed by atoms with Crippen LogP contribution >= 0.6 is 11.6 Å².